The van der Waals surface area contributed by atoms with Gasteiger partial charge in [0.2, 0.25) is 0 Å². The van der Waals surface area contributed by atoms with Crippen LogP contribution < -0.4 is 4.74 Å². The average molecular weight is 427 g/mol. The van der Waals surface area contributed by atoms with Gasteiger partial charge < -0.3 is 18.9 Å². The highest BCUT2D eigenvalue weighted by molar-refractivity contribution is 5.91. The van der Waals surface area contributed by atoms with Gasteiger partial charge in [-0.15, -0.1) is 0 Å². The zero-order valence-electron chi connectivity index (χ0n) is 18.3. The topological polar surface area (TPSA) is 81.9 Å². The molecule has 0 radical (unpaired) electrons. The van der Waals surface area contributed by atoms with Crippen molar-refractivity contribution in [2.75, 3.05) is 13.2 Å². The number of likely N-dealkylation sites (tertiary alicyclic amines) is 1. The molecule has 1 aliphatic heterocycles. The SMILES string of the molecule is Cc1noc(C)c1COc1cccc(C(=O)OCC(=O)N2CCC[C@@H]3CCCC[C@@H]32)c1. The smallest absolute Gasteiger partial charge is 0.338 e. The number of nitrogens with zero attached hydrogens (tertiary/aromatic N) is 2. The minimum absolute atomic E-state index is 0.0873. The molecule has 2 fully saturated rings. The van der Waals surface area contributed by atoms with E-state index in [2.05, 4.69) is 5.16 Å². The number of rotatable bonds is 6. The Bertz CT molecular complexity index is 916. The van der Waals surface area contributed by atoms with Crippen molar-refractivity contribution in [1.29, 1.82) is 0 Å². The molecule has 2 aromatic rings. The van der Waals surface area contributed by atoms with Gasteiger partial charge in [-0.05, 0) is 63.6 Å². The lowest BCUT2D eigenvalue weighted by atomic mass is 9.78. The Hall–Kier alpha value is -2.83. The van der Waals surface area contributed by atoms with Gasteiger partial charge >= 0.3 is 5.97 Å². The highest BCUT2D eigenvalue weighted by atomic mass is 16.5. The molecule has 1 aromatic carbocycles. The summed E-state index contributed by atoms with van der Waals surface area (Å²) >= 11 is 0. The van der Waals surface area contributed by atoms with Crippen molar-refractivity contribution in [3.8, 4) is 5.75 Å². The Morgan fingerprint density at radius 1 is 1.16 bits per heavy atom. The van der Waals surface area contributed by atoms with Gasteiger partial charge in [0.05, 0.1) is 16.8 Å². The van der Waals surface area contributed by atoms with Gasteiger partial charge in [0.1, 0.15) is 18.1 Å². The van der Waals surface area contributed by atoms with Crippen LogP contribution in [-0.4, -0.2) is 41.1 Å². The molecular weight excluding hydrogens is 396 g/mol. The number of aryl methyl sites for hydroxylation is 2. The minimum atomic E-state index is -0.520. The van der Waals surface area contributed by atoms with Crippen molar-refractivity contribution in [2.45, 2.75) is 65.0 Å². The number of amides is 1. The summed E-state index contributed by atoms with van der Waals surface area (Å²) in [5, 5.41) is 3.91. The van der Waals surface area contributed by atoms with Crippen LogP contribution in [0.25, 0.3) is 0 Å². The molecule has 1 saturated carbocycles. The van der Waals surface area contributed by atoms with Gasteiger partial charge in [-0.3, -0.25) is 4.79 Å². The lowest BCUT2D eigenvalue weighted by Crippen LogP contribution is -2.50. The molecule has 0 spiro atoms. The van der Waals surface area contributed by atoms with Gasteiger partial charge in [-0.1, -0.05) is 24.1 Å². The third-order valence-electron chi connectivity index (χ3n) is 6.52. The number of fused-ring (bicyclic) bond motifs is 1. The molecule has 7 heteroatoms. The minimum Gasteiger partial charge on any atom is -0.489 e. The largest absolute Gasteiger partial charge is 0.489 e. The number of hydrogen-bond acceptors (Lipinski definition) is 6. The summed E-state index contributed by atoms with van der Waals surface area (Å²) in [7, 11) is 0. The fourth-order valence-electron chi connectivity index (χ4n) is 4.80. The van der Waals surface area contributed by atoms with E-state index in [1.54, 1.807) is 24.3 Å². The van der Waals surface area contributed by atoms with E-state index in [1.165, 1.54) is 25.7 Å². The van der Waals surface area contributed by atoms with Crippen LogP contribution in [0.15, 0.2) is 28.8 Å². The molecule has 0 N–H and O–H groups in total. The number of esters is 1. The lowest BCUT2D eigenvalue weighted by Gasteiger charge is -2.44. The average Bonchev–Trinajstić information content (AvgIpc) is 3.12. The Morgan fingerprint density at radius 3 is 2.77 bits per heavy atom. The van der Waals surface area contributed by atoms with Crippen LogP contribution in [0.4, 0.5) is 0 Å². The van der Waals surface area contributed by atoms with Crippen molar-refractivity contribution in [3.05, 3.63) is 46.8 Å². The Labute approximate surface area is 182 Å². The number of carbonyl (C=O) groups is 2. The number of hydrogen-bond donors (Lipinski definition) is 0. The van der Waals surface area contributed by atoms with Crippen LogP contribution in [0.5, 0.6) is 5.75 Å². The zero-order valence-corrected chi connectivity index (χ0v) is 18.3. The first-order chi connectivity index (χ1) is 15.0. The molecule has 2 atom stereocenters. The standard InChI is InChI=1S/C24H30N2O5/c1-16-21(17(2)31-25-16)14-29-20-10-5-8-19(13-20)24(28)30-15-23(27)26-12-6-9-18-7-3-4-11-22(18)26/h5,8,10,13,18,22H,3-4,6-7,9,11-12,14-15H2,1-2H3/t18-,22-/m0/s1. The van der Waals surface area contributed by atoms with E-state index >= 15 is 0 Å². The van der Waals surface area contributed by atoms with Crippen LogP contribution in [0.2, 0.25) is 0 Å². The second-order valence-corrected chi connectivity index (χ2v) is 8.54. The second-order valence-electron chi connectivity index (χ2n) is 8.54. The maximum absolute atomic E-state index is 12.8. The number of carbonyl (C=O) groups excluding carboxylic acids is 2. The Morgan fingerprint density at radius 2 is 1.97 bits per heavy atom. The second kappa shape index (κ2) is 9.54. The van der Waals surface area contributed by atoms with E-state index in [1.807, 2.05) is 18.7 Å². The Kier molecular flexibility index (Phi) is 6.59. The molecule has 1 saturated heterocycles. The molecule has 0 bridgehead atoms. The fraction of sp³-hybridized carbons (Fsp3) is 0.542. The third-order valence-corrected chi connectivity index (χ3v) is 6.52. The van der Waals surface area contributed by atoms with Gasteiger partial charge in [0, 0.05) is 12.6 Å². The molecule has 2 heterocycles. The molecular formula is C24H30N2O5. The van der Waals surface area contributed by atoms with Gasteiger partial charge in [0.15, 0.2) is 6.61 Å². The van der Waals surface area contributed by atoms with E-state index in [9.17, 15) is 9.59 Å². The number of ether oxygens (including phenoxy) is 2. The predicted octanol–water partition coefficient (Wildman–Crippen LogP) is 4.21. The van der Waals surface area contributed by atoms with Crippen molar-refractivity contribution < 1.29 is 23.6 Å². The number of benzene rings is 1. The lowest BCUT2D eigenvalue weighted by molar-refractivity contribution is -0.140. The fourth-order valence-corrected chi connectivity index (χ4v) is 4.80. The first kappa shape index (κ1) is 21.4. The molecule has 2 aliphatic rings. The van der Waals surface area contributed by atoms with E-state index in [-0.39, 0.29) is 12.5 Å². The number of piperidine rings is 1. The maximum atomic E-state index is 12.8. The summed E-state index contributed by atoms with van der Waals surface area (Å²) in [6.45, 7) is 4.55. The summed E-state index contributed by atoms with van der Waals surface area (Å²) in [6.07, 6.45) is 6.93. The van der Waals surface area contributed by atoms with E-state index in [4.69, 9.17) is 14.0 Å². The summed E-state index contributed by atoms with van der Waals surface area (Å²) in [5.74, 6) is 1.25. The van der Waals surface area contributed by atoms with Crippen LogP contribution in [0.1, 0.15) is 65.9 Å². The van der Waals surface area contributed by atoms with Crippen molar-refractivity contribution in [2.24, 2.45) is 5.92 Å². The highest BCUT2D eigenvalue weighted by Gasteiger charge is 2.35. The summed E-state index contributed by atoms with van der Waals surface area (Å²) in [5.41, 5.74) is 2.03. The van der Waals surface area contributed by atoms with Gasteiger partial charge in [-0.25, -0.2) is 4.79 Å². The molecule has 4 rings (SSSR count). The van der Waals surface area contributed by atoms with Crippen LogP contribution in [0, 0.1) is 19.8 Å². The van der Waals surface area contributed by atoms with Crippen molar-refractivity contribution >= 4 is 11.9 Å². The third kappa shape index (κ3) is 4.92. The first-order valence-corrected chi connectivity index (χ1v) is 11.1. The molecule has 7 nitrogen and oxygen atoms in total. The molecule has 1 amide bonds. The highest BCUT2D eigenvalue weighted by Crippen LogP contribution is 2.35. The normalized spacial score (nSPS) is 20.8. The van der Waals surface area contributed by atoms with E-state index < -0.39 is 5.97 Å². The molecule has 1 aliphatic carbocycles. The van der Waals surface area contributed by atoms with Crippen molar-refractivity contribution in [1.82, 2.24) is 10.1 Å². The van der Waals surface area contributed by atoms with Crippen LogP contribution in [0.3, 0.4) is 0 Å². The van der Waals surface area contributed by atoms with E-state index in [0.29, 0.717) is 35.6 Å². The van der Waals surface area contributed by atoms with Crippen LogP contribution in [-0.2, 0) is 16.1 Å². The van der Waals surface area contributed by atoms with Crippen molar-refractivity contribution in [3.63, 3.8) is 0 Å². The summed E-state index contributed by atoms with van der Waals surface area (Å²) < 4.78 is 16.3. The molecule has 31 heavy (non-hydrogen) atoms. The summed E-state index contributed by atoms with van der Waals surface area (Å²) in [4.78, 5) is 27.2. The van der Waals surface area contributed by atoms with Gasteiger partial charge in [0.25, 0.3) is 5.91 Å². The zero-order chi connectivity index (χ0) is 21.8. The van der Waals surface area contributed by atoms with Gasteiger partial charge in [-0.2, -0.15) is 0 Å². The first-order valence-electron chi connectivity index (χ1n) is 11.1. The maximum Gasteiger partial charge on any atom is 0.338 e. The quantitative estimate of drug-likeness (QED) is 0.644. The molecule has 1 aromatic heterocycles. The molecule has 166 valence electrons. The Balaban J connectivity index is 1.32. The van der Waals surface area contributed by atoms with Crippen LogP contribution >= 0.6 is 0 Å². The number of aromatic nitrogens is 1. The van der Waals surface area contributed by atoms with E-state index in [0.717, 1.165) is 30.6 Å². The monoisotopic (exact) mass is 426 g/mol. The summed E-state index contributed by atoms with van der Waals surface area (Å²) in [6, 6.07) is 7.11. The predicted molar refractivity (Wildman–Crippen MR) is 114 cm³/mol. The molecule has 0 unspecified atom stereocenters.